The maximum atomic E-state index is 13.6. The van der Waals surface area contributed by atoms with Crippen LogP contribution < -0.4 is 5.32 Å². The van der Waals surface area contributed by atoms with Gasteiger partial charge in [-0.3, -0.25) is 0 Å². The van der Waals surface area contributed by atoms with Crippen LogP contribution in [0.5, 0.6) is 0 Å². The van der Waals surface area contributed by atoms with Gasteiger partial charge >= 0.3 is 0 Å². The predicted molar refractivity (Wildman–Crippen MR) is 80.7 cm³/mol. The van der Waals surface area contributed by atoms with Gasteiger partial charge in [0.1, 0.15) is 5.82 Å². The summed E-state index contributed by atoms with van der Waals surface area (Å²) in [5, 5.41) is 3.60. The molecule has 0 bridgehead atoms. The Labute approximate surface area is 122 Å². The topological polar surface area (TPSA) is 12.0 Å². The largest absolute Gasteiger partial charge is 0.306 e. The summed E-state index contributed by atoms with van der Waals surface area (Å²) in [6, 6.07) is 7.08. The second-order valence-corrected chi connectivity index (χ2v) is 6.20. The Bertz CT molecular complexity index is 580. The van der Waals surface area contributed by atoms with Gasteiger partial charge in [0.05, 0.1) is 11.1 Å². The van der Waals surface area contributed by atoms with Crippen molar-refractivity contribution >= 4 is 22.9 Å². The van der Waals surface area contributed by atoms with E-state index in [9.17, 15) is 4.39 Å². The van der Waals surface area contributed by atoms with Crippen molar-refractivity contribution in [2.75, 3.05) is 6.54 Å². The Morgan fingerprint density at radius 1 is 1.37 bits per heavy atom. The maximum absolute atomic E-state index is 13.6. The van der Waals surface area contributed by atoms with E-state index in [4.69, 9.17) is 11.6 Å². The average molecular weight is 298 g/mol. The van der Waals surface area contributed by atoms with Gasteiger partial charge in [-0.25, -0.2) is 4.39 Å². The number of hydrogen-bond donors (Lipinski definition) is 1. The van der Waals surface area contributed by atoms with E-state index in [1.165, 1.54) is 21.4 Å². The van der Waals surface area contributed by atoms with E-state index < -0.39 is 0 Å². The van der Waals surface area contributed by atoms with E-state index in [0.29, 0.717) is 0 Å². The SMILES string of the molecule is CCNC(c1cccc(F)c1Cl)c1sc(C)cc1C. The highest BCUT2D eigenvalue weighted by molar-refractivity contribution is 7.12. The molecule has 4 heteroatoms. The summed E-state index contributed by atoms with van der Waals surface area (Å²) in [7, 11) is 0. The molecule has 0 saturated carbocycles. The van der Waals surface area contributed by atoms with Crippen molar-refractivity contribution < 1.29 is 4.39 Å². The standard InChI is InChI=1S/C15H17ClFNS/c1-4-18-14(15-9(2)8-10(3)19-15)11-6-5-7-12(17)13(11)16/h5-8,14,18H,4H2,1-3H3. The van der Waals surface area contributed by atoms with E-state index in [-0.39, 0.29) is 16.9 Å². The van der Waals surface area contributed by atoms with Crippen LogP contribution in [0.25, 0.3) is 0 Å². The van der Waals surface area contributed by atoms with Gasteiger partial charge < -0.3 is 5.32 Å². The molecule has 0 radical (unpaired) electrons. The molecule has 0 aliphatic carbocycles. The van der Waals surface area contributed by atoms with E-state index in [1.54, 1.807) is 17.4 Å². The van der Waals surface area contributed by atoms with Gasteiger partial charge in [0.15, 0.2) is 0 Å². The third-order valence-corrected chi connectivity index (χ3v) is 4.66. The van der Waals surface area contributed by atoms with Crippen molar-refractivity contribution in [2.45, 2.75) is 26.8 Å². The van der Waals surface area contributed by atoms with E-state index >= 15 is 0 Å². The molecule has 0 fully saturated rings. The Morgan fingerprint density at radius 2 is 2.11 bits per heavy atom. The number of hydrogen-bond acceptors (Lipinski definition) is 2. The lowest BCUT2D eigenvalue weighted by Gasteiger charge is -2.19. The summed E-state index contributed by atoms with van der Waals surface area (Å²) in [5.41, 5.74) is 2.02. The zero-order valence-corrected chi connectivity index (χ0v) is 12.8. The number of rotatable bonds is 4. The fourth-order valence-electron chi connectivity index (χ4n) is 2.24. The zero-order chi connectivity index (χ0) is 14.0. The van der Waals surface area contributed by atoms with Gasteiger partial charge in [-0.2, -0.15) is 0 Å². The molecule has 0 aliphatic heterocycles. The summed E-state index contributed by atoms with van der Waals surface area (Å²) in [6.07, 6.45) is 0. The van der Waals surface area contributed by atoms with Crippen LogP contribution in [0.2, 0.25) is 5.02 Å². The fourth-order valence-corrected chi connectivity index (χ4v) is 3.60. The third kappa shape index (κ3) is 2.99. The van der Waals surface area contributed by atoms with Gasteiger partial charge in [0.2, 0.25) is 0 Å². The van der Waals surface area contributed by atoms with Crippen molar-refractivity contribution in [1.82, 2.24) is 5.32 Å². The second kappa shape index (κ2) is 6.04. The van der Waals surface area contributed by atoms with Gasteiger partial charge in [-0.15, -0.1) is 11.3 Å². The minimum Gasteiger partial charge on any atom is -0.306 e. The normalized spacial score (nSPS) is 12.7. The Hall–Kier alpha value is -0.900. The first-order valence-electron chi connectivity index (χ1n) is 6.28. The Balaban J connectivity index is 2.51. The maximum Gasteiger partial charge on any atom is 0.142 e. The molecule has 0 saturated heterocycles. The molecular weight excluding hydrogens is 281 g/mol. The molecule has 0 aliphatic rings. The molecule has 0 amide bonds. The summed E-state index contributed by atoms with van der Waals surface area (Å²) < 4.78 is 13.6. The van der Waals surface area contributed by atoms with Crippen molar-refractivity contribution in [3.63, 3.8) is 0 Å². The van der Waals surface area contributed by atoms with Gasteiger partial charge in [-0.05, 0) is 43.7 Å². The molecule has 2 aromatic rings. The van der Waals surface area contributed by atoms with E-state index in [1.807, 2.05) is 13.0 Å². The van der Waals surface area contributed by atoms with Crippen LogP contribution in [0.15, 0.2) is 24.3 Å². The van der Waals surface area contributed by atoms with Crippen molar-refractivity contribution in [1.29, 1.82) is 0 Å². The summed E-state index contributed by atoms with van der Waals surface area (Å²) in [5.74, 6) is -0.368. The molecular formula is C15H17ClFNS. The van der Waals surface area contributed by atoms with Gasteiger partial charge in [0.25, 0.3) is 0 Å². The molecule has 1 nitrogen and oxygen atoms in total. The number of benzene rings is 1. The number of halogens is 2. The molecule has 1 aromatic heterocycles. The predicted octanol–water partition coefficient (Wildman–Crippen LogP) is 4.86. The van der Waals surface area contributed by atoms with Crippen LogP contribution in [-0.2, 0) is 0 Å². The molecule has 1 heterocycles. The quantitative estimate of drug-likeness (QED) is 0.850. The second-order valence-electron chi connectivity index (χ2n) is 4.54. The highest BCUT2D eigenvalue weighted by Crippen LogP contribution is 2.35. The molecule has 102 valence electrons. The monoisotopic (exact) mass is 297 g/mol. The van der Waals surface area contributed by atoms with Crippen LogP contribution in [0.4, 0.5) is 4.39 Å². The van der Waals surface area contributed by atoms with Gasteiger partial charge in [0, 0.05) is 9.75 Å². The first kappa shape index (κ1) is 14.5. The average Bonchev–Trinajstić information content (AvgIpc) is 2.69. The molecule has 0 spiro atoms. The lowest BCUT2D eigenvalue weighted by molar-refractivity contribution is 0.606. The van der Waals surface area contributed by atoms with Crippen LogP contribution in [-0.4, -0.2) is 6.54 Å². The molecule has 19 heavy (non-hydrogen) atoms. The minimum absolute atomic E-state index is 0.0492. The summed E-state index contributed by atoms with van der Waals surface area (Å²) in [4.78, 5) is 2.45. The number of nitrogens with one attached hydrogen (secondary N) is 1. The van der Waals surface area contributed by atoms with Crippen molar-refractivity contribution in [3.8, 4) is 0 Å². The highest BCUT2D eigenvalue weighted by Gasteiger charge is 2.21. The van der Waals surface area contributed by atoms with Crippen LogP contribution >= 0.6 is 22.9 Å². The van der Waals surface area contributed by atoms with Crippen molar-refractivity contribution in [3.05, 3.63) is 56.0 Å². The third-order valence-electron chi connectivity index (χ3n) is 3.04. The van der Waals surface area contributed by atoms with Crippen LogP contribution in [0.3, 0.4) is 0 Å². The number of thiophene rings is 1. The first-order valence-corrected chi connectivity index (χ1v) is 7.48. The molecule has 2 rings (SSSR count). The van der Waals surface area contributed by atoms with Gasteiger partial charge in [-0.1, -0.05) is 30.7 Å². The van der Waals surface area contributed by atoms with E-state index in [2.05, 4.69) is 25.2 Å². The summed E-state index contributed by atoms with van der Waals surface area (Å²) >= 11 is 7.85. The first-order chi connectivity index (χ1) is 9.04. The number of aryl methyl sites for hydroxylation is 2. The fraction of sp³-hybridized carbons (Fsp3) is 0.333. The lowest BCUT2D eigenvalue weighted by atomic mass is 10.0. The van der Waals surface area contributed by atoms with Crippen LogP contribution in [0.1, 0.15) is 33.8 Å². The smallest absolute Gasteiger partial charge is 0.142 e. The zero-order valence-electron chi connectivity index (χ0n) is 11.3. The molecule has 1 unspecified atom stereocenters. The molecule has 1 N–H and O–H groups in total. The highest BCUT2D eigenvalue weighted by atomic mass is 35.5. The van der Waals surface area contributed by atoms with Crippen molar-refractivity contribution in [2.24, 2.45) is 0 Å². The van der Waals surface area contributed by atoms with Crippen LogP contribution in [0, 0.1) is 19.7 Å². The molecule has 1 atom stereocenters. The minimum atomic E-state index is -0.368. The Morgan fingerprint density at radius 3 is 2.68 bits per heavy atom. The lowest BCUT2D eigenvalue weighted by Crippen LogP contribution is -2.22. The van der Waals surface area contributed by atoms with E-state index in [0.717, 1.165) is 12.1 Å². The molecule has 1 aromatic carbocycles. The Kier molecular flexibility index (Phi) is 4.61. The summed E-state index contributed by atoms with van der Waals surface area (Å²) in [6.45, 7) is 7.00.